The Kier molecular flexibility index (Phi) is 2.55. The highest BCUT2D eigenvalue weighted by molar-refractivity contribution is 6.04. The van der Waals surface area contributed by atoms with Crippen LogP contribution in [0.4, 0.5) is 17.1 Å². The first-order chi connectivity index (χ1) is 8.04. The van der Waals surface area contributed by atoms with Crippen molar-refractivity contribution in [2.75, 3.05) is 11.1 Å². The average Bonchev–Trinajstić information content (AvgIpc) is 2.55. The second-order valence-electron chi connectivity index (χ2n) is 3.82. The van der Waals surface area contributed by atoms with E-state index in [1.165, 1.54) is 12.1 Å². The Balaban J connectivity index is 2.51. The maximum absolute atomic E-state index is 11.6. The lowest BCUT2D eigenvalue weighted by atomic mass is 9.96. The van der Waals surface area contributed by atoms with Gasteiger partial charge in [-0.05, 0) is 18.1 Å². The van der Waals surface area contributed by atoms with Crippen LogP contribution in [0.1, 0.15) is 17.9 Å². The summed E-state index contributed by atoms with van der Waals surface area (Å²) in [6.45, 7) is 3.58. The summed E-state index contributed by atoms with van der Waals surface area (Å²) in [5.41, 5.74) is 6.62. The van der Waals surface area contributed by atoms with Crippen molar-refractivity contribution in [3.05, 3.63) is 40.5 Å². The van der Waals surface area contributed by atoms with Crippen molar-refractivity contribution in [1.29, 1.82) is 0 Å². The molecular weight excluding hydrogens is 222 g/mol. The number of anilines is 2. The molecule has 1 unspecified atom stereocenters. The number of allylic oxidation sites excluding steroid dienone is 1. The predicted molar refractivity (Wildman–Crippen MR) is 63.7 cm³/mol. The summed E-state index contributed by atoms with van der Waals surface area (Å²) in [5, 5.41) is 13.3. The van der Waals surface area contributed by atoms with E-state index in [1.807, 2.05) is 0 Å². The van der Waals surface area contributed by atoms with E-state index >= 15 is 0 Å². The fourth-order valence-electron chi connectivity index (χ4n) is 1.94. The highest BCUT2D eigenvalue weighted by Gasteiger charge is 2.32. The summed E-state index contributed by atoms with van der Waals surface area (Å²) in [5.74, 6) is -0.537. The molecular formula is C11H11N3O3. The van der Waals surface area contributed by atoms with Crippen molar-refractivity contribution in [1.82, 2.24) is 0 Å². The number of amides is 1. The van der Waals surface area contributed by atoms with Gasteiger partial charge in [0.05, 0.1) is 16.5 Å². The maximum Gasteiger partial charge on any atom is 0.294 e. The zero-order chi connectivity index (χ0) is 12.6. The normalized spacial score (nSPS) is 17.4. The van der Waals surface area contributed by atoms with Gasteiger partial charge in [0.15, 0.2) is 0 Å². The van der Waals surface area contributed by atoms with Gasteiger partial charge in [0, 0.05) is 6.07 Å². The molecule has 1 heterocycles. The molecule has 88 valence electrons. The van der Waals surface area contributed by atoms with E-state index in [2.05, 4.69) is 11.9 Å². The van der Waals surface area contributed by atoms with E-state index in [0.717, 1.165) is 0 Å². The molecule has 6 heteroatoms. The molecule has 0 saturated heterocycles. The minimum Gasteiger partial charge on any atom is -0.393 e. The highest BCUT2D eigenvalue weighted by atomic mass is 16.6. The highest BCUT2D eigenvalue weighted by Crippen LogP contribution is 2.39. The molecule has 1 aliphatic heterocycles. The van der Waals surface area contributed by atoms with Gasteiger partial charge in [-0.1, -0.05) is 6.08 Å². The summed E-state index contributed by atoms with van der Waals surface area (Å²) >= 11 is 0. The number of fused-ring (bicyclic) bond motifs is 1. The smallest absolute Gasteiger partial charge is 0.294 e. The van der Waals surface area contributed by atoms with Crippen LogP contribution in [-0.2, 0) is 4.79 Å². The minimum absolute atomic E-state index is 0.0688. The average molecular weight is 233 g/mol. The number of hydrogen-bond donors (Lipinski definition) is 2. The van der Waals surface area contributed by atoms with Crippen molar-refractivity contribution in [3.8, 4) is 0 Å². The molecule has 0 bridgehead atoms. The van der Waals surface area contributed by atoms with Gasteiger partial charge in [0.1, 0.15) is 5.69 Å². The van der Waals surface area contributed by atoms with Crippen LogP contribution < -0.4 is 11.1 Å². The van der Waals surface area contributed by atoms with Crippen LogP contribution in [0.3, 0.4) is 0 Å². The molecule has 17 heavy (non-hydrogen) atoms. The second-order valence-corrected chi connectivity index (χ2v) is 3.82. The third kappa shape index (κ3) is 1.73. The van der Waals surface area contributed by atoms with Crippen LogP contribution in [0.25, 0.3) is 0 Å². The summed E-state index contributed by atoms with van der Waals surface area (Å²) in [4.78, 5) is 21.8. The van der Waals surface area contributed by atoms with Crippen LogP contribution in [0.5, 0.6) is 0 Å². The molecule has 1 aromatic carbocycles. The molecule has 0 saturated carbocycles. The van der Waals surface area contributed by atoms with Gasteiger partial charge in [-0.25, -0.2) is 0 Å². The van der Waals surface area contributed by atoms with Gasteiger partial charge in [-0.2, -0.15) is 0 Å². The van der Waals surface area contributed by atoms with Crippen LogP contribution >= 0.6 is 0 Å². The monoisotopic (exact) mass is 233 g/mol. The van der Waals surface area contributed by atoms with Gasteiger partial charge < -0.3 is 11.1 Å². The Morgan fingerprint density at radius 1 is 1.59 bits per heavy atom. The first-order valence-electron chi connectivity index (χ1n) is 5.04. The van der Waals surface area contributed by atoms with Crippen LogP contribution in [0.2, 0.25) is 0 Å². The van der Waals surface area contributed by atoms with Gasteiger partial charge >= 0.3 is 0 Å². The lowest BCUT2D eigenvalue weighted by Gasteiger charge is -2.06. The minimum atomic E-state index is -0.567. The fourth-order valence-corrected chi connectivity index (χ4v) is 1.94. The van der Waals surface area contributed by atoms with E-state index in [1.54, 1.807) is 6.08 Å². The fraction of sp³-hybridized carbons (Fsp3) is 0.182. The molecule has 1 atom stereocenters. The SMILES string of the molecule is C=CCC1C(=O)Nc2cc([N+](=O)[O-])c(N)cc21. The van der Waals surface area contributed by atoms with Gasteiger partial charge in [-0.3, -0.25) is 14.9 Å². The van der Waals surface area contributed by atoms with Crippen LogP contribution in [0, 0.1) is 10.1 Å². The number of carbonyl (C=O) groups excluding carboxylic acids is 1. The third-order valence-corrected chi connectivity index (χ3v) is 2.75. The summed E-state index contributed by atoms with van der Waals surface area (Å²) < 4.78 is 0. The number of carbonyl (C=O) groups is 1. The van der Waals surface area contributed by atoms with E-state index in [0.29, 0.717) is 17.7 Å². The number of nitro groups is 1. The van der Waals surface area contributed by atoms with Gasteiger partial charge in [0.2, 0.25) is 5.91 Å². The molecule has 0 aliphatic carbocycles. The molecule has 0 fully saturated rings. The zero-order valence-electron chi connectivity index (χ0n) is 8.97. The molecule has 1 aromatic rings. The number of nitro benzene ring substituents is 1. The molecule has 0 aromatic heterocycles. The summed E-state index contributed by atoms with van der Waals surface area (Å²) in [7, 11) is 0. The Morgan fingerprint density at radius 3 is 2.88 bits per heavy atom. The molecule has 0 spiro atoms. The van der Waals surface area contributed by atoms with Gasteiger partial charge in [-0.15, -0.1) is 6.58 Å². The van der Waals surface area contributed by atoms with Crippen molar-refractivity contribution in [2.24, 2.45) is 0 Å². The maximum atomic E-state index is 11.6. The lowest BCUT2D eigenvalue weighted by Crippen LogP contribution is -2.10. The molecule has 6 nitrogen and oxygen atoms in total. The first-order valence-corrected chi connectivity index (χ1v) is 5.04. The van der Waals surface area contributed by atoms with Crippen molar-refractivity contribution in [2.45, 2.75) is 12.3 Å². The molecule has 1 amide bonds. The molecule has 3 N–H and O–H groups in total. The van der Waals surface area contributed by atoms with Crippen LogP contribution in [0.15, 0.2) is 24.8 Å². The number of nitrogen functional groups attached to an aromatic ring is 1. The quantitative estimate of drug-likeness (QED) is 0.360. The Morgan fingerprint density at radius 2 is 2.29 bits per heavy atom. The Hall–Kier alpha value is -2.37. The number of nitrogens with zero attached hydrogens (tertiary/aromatic N) is 1. The third-order valence-electron chi connectivity index (χ3n) is 2.75. The standard InChI is InChI=1S/C11H11N3O3/c1-2-3-6-7-4-8(12)10(14(16)17)5-9(7)13-11(6)15/h2,4-6H,1,3,12H2,(H,13,15). The first kappa shape index (κ1) is 11.1. The number of hydrogen-bond acceptors (Lipinski definition) is 4. The number of rotatable bonds is 3. The van der Waals surface area contributed by atoms with Crippen molar-refractivity contribution >= 4 is 23.0 Å². The molecule has 2 rings (SSSR count). The largest absolute Gasteiger partial charge is 0.393 e. The lowest BCUT2D eigenvalue weighted by molar-refractivity contribution is -0.383. The summed E-state index contributed by atoms with van der Waals surface area (Å²) in [6.07, 6.45) is 2.12. The second kappa shape index (κ2) is 3.89. The van der Waals surface area contributed by atoms with Crippen molar-refractivity contribution in [3.63, 3.8) is 0 Å². The Bertz CT molecular complexity index is 525. The number of nitrogens with one attached hydrogen (secondary N) is 1. The van der Waals surface area contributed by atoms with E-state index in [9.17, 15) is 14.9 Å². The molecule has 0 radical (unpaired) electrons. The number of nitrogens with two attached hydrogens (primary N) is 1. The van der Waals surface area contributed by atoms with Crippen molar-refractivity contribution < 1.29 is 9.72 Å². The topological polar surface area (TPSA) is 98.3 Å². The predicted octanol–water partition coefficient (Wildman–Crippen LogP) is 1.79. The van der Waals surface area contributed by atoms with E-state index < -0.39 is 4.92 Å². The van der Waals surface area contributed by atoms with Crippen LogP contribution in [-0.4, -0.2) is 10.8 Å². The zero-order valence-corrected chi connectivity index (χ0v) is 8.97. The van der Waals surface area contributed by atoms with Gasteiger partial charge in [0.25, 0.3) is 5.69 Å². The Labute approximate surface area is 97.3 Å². The molecule has 1 aliphatic rings. The van der Waals surface area contributed by atoms with E-state index in [4.69, 9.17) is 5.73 Å². The number of benzene rings is 1. The summed E-state index contributed by atoms with van der Waals surface area (Å²) in [6, 6.07) is 2.78. The van der Waals surface area contributed by atoms with E-state index in [-0.39, 0.29) is 23.2 Å².